The predicted molar refractivity (Wildman–Crippen MR) is 175 cm³/mol. The highest BCUT2D eigenvalue weighted by atomic mass is 16.8. The molecule has 0 aromatic heterocycles. The second-order valence-electron chi connectivity index (χ2n) is 13.9. The van der Waals surface area contributed by atoms with Gasteiger partial charge in [-0.05, 0) is 0 Å². The average molecular weight is 839 g/mol. The molecule has 4 aliphatic rings. The molecule has 25 nitrogen and oxygen atoms in total. The fourth-order valence-electron chi connectivity index (χ4n) is 6.04. The van der Waals surface area contributed by atoms with Gasteiger partial charge in [0.2, 0.25) is 11.6 Å². The van der Waals surface area contributed by atoms with E-state index in [2.05, 4.69) is 0 Å². The predicted octanol–water partition coefficient (Wildman–Crippen LogP) is -8.44. The third-order valence-corrected chi connectivity index (χ3v) is 9.34. The molecule has 0 aliphatic carbocycles. The van der Waals surface area contributed by atoms with Gasteiger partial charge in [0.15, 0.2) is 18.7 Å². The van der Waals surface area contributed by atoms with Crippen molar-refractivity contribution in [3.05, 3.63) is 0 Å². The summed E-state index contributed by atoms with van der Waals surface area (Å²) in [5.74, 6) is -7.42. The fraction of sp³-hybridized carbons (Fsp3) is 0.906. The van der Waals surface area contributed by atoms with Crippen LogP contribution in [0.1, 0.15) is 27.7 Å². The number of aliphatic hydroxyl groups is 13. The molecule has 4 fully saturated rings. The number of hydrogen-bond acceptors (Lipinski definition) is 25. The van der Waals surface area contributed by atoms with E-state index in [1.54, 1.807) is 0 Å². The van der Waals surface area contributed by atoms with Crippen LogP contribution in [0.5, 0.6) is 0 Å². The summed E-state index contributed by atoms with van der Waals surface area (Å²) in [5, 5.41) is 128. The van der Waals surface area contributed by atoms with Crippen molar-refractivity contribution < 1.29 is 123 Å². The Balaban J connectivity index is 0.000000310. The van der Waals surface area contributed by atoms with Crippen molar-refractivity contribution in [2.24, 2.45) is 5.92 Å². The Morgan fingerprint density at radius 3 is 1.32 bits per heavy atom. The summed E-state index contributed by atoms with van der Waals surface area (Å²) >= 11 is 0. The van der Waals surface area contributed by atoms with E-state index in [0.29, 0.717) is 0 Å². The van der Waals surface area contributed by atoms with Crippen LogP contribution < -0.4 is 0 Å². The van der Waals surface area contributed by atoms with Crippen LogP contribution in [0, 0.1) is 5.92 Å². The highest BCUT2D eigenvalue weighted by molar-refractivity contribution is 5.72. The van der Waals surface area contributed by atoms with Gasteiger partial charge in [-0.2, -0.15) is 0 Å². The van der Waals surface area contributed by atoms with Gasteiger partial charge in [0.05, 0.1) is 32.3 Å². The van der Waals surface area contributed by atoms with Gasteiger partial charge in [0.1, 0.15) is 92.6 Å². The maximum atomic E-state index is 12.2. The Morgan fingerprint density at radius 1 is 0.544 bits per heavy atom. The zero-order valence-corrected chi connectivity index (χ0v) is 31.3. The second kappa shape index (κ2) is 20.8. The molecule has 0 saturated carbocycles. The lowest BCUT2D eigenvalue weighted by atomic mass is 9.99. The highest BCUT2D eigenvalue weighted by Gasteiger charge is 2.62. The third-order valence-electron chi connectivity index (χ3n) is 9.34. The van der Waals surface area contributed by atoms with Crippen molar-refractivity contribution in [1.29, 1.82) is 0 Å². The molecule has 0 unspecified atom stereocenters. The van der Waals surface area contributed by atoms with Gasteiger partial charge in [0.25, 0.3) is 0 Å². The van der Waals surface area contributed by atoms with E-state index < -0.39 is 173 Å². The lowest BCUT2D eigenvalue weighted by Gasteiger charge is -2.43. The van der Waals surface area contributed by atoms with E-state index in [1.165, 1.54) is 13.8 Å². The number of esters is 3. The summed E-state index contributed by atoms with van der Waals surface area (Å²) in [4.78, 5) is 34.8. The summed E-state index contributed by atoms with van der Waals surface area (Å²) < 4.78 is 47.4. The van der Waals surface area contributed by atoms with Gasteiger partial charge in [0, 0.05) is 13.8 Å². The molecule has 0 aromatic carbocycles. The van der Waals surface area contributed by atoms with Crippen molar-refractivity contribution in [3.63, 3.8) is 0 Å². The van der Waals surface area contributed by atoms with Crippen molar-refractivity contribution in [1.82, 2.24) is 0 Å². The van der Waals surface area contributed by atoms with Crippen LogP contribution in [0.15, 0.2) is 0 Å². The minimum Gasteiger partial charge on any atom is -0.460 e. The molecule has 25 heteroatoms. The minimum atomic E-state index is -2.25. The summed E-state index contributed by atoms with van der Waals surface area (Å²) in [7, 11) is 0. The maximum absolute atomic E-state index is 12.2. The molecule has 0 bridgehead atoms. The number of carbonyl (C=O) groups is 3. The van der Waals surface area contributed by atoms with Crippen molar-refractivity contribution in [2.45, 2.75) is 137 Å². The lowest BCUT2D eigenvalue weighted by Crippen LogP contribution is -2.63. The fourth-order valence-corrected chi connectivity index (χ4v) is 6.04. The van der Waals surface area contributed by atoms with Crippen LogP contribution in [-0.4, -0.2) is 234 Å². The molecule has 4 rings (SSSR count). The van der Waals surface area contributed by atoms with Gasteiger partial charge >= 0.3 is 17.9 Å². The first-order valence-corrected chi connectivity index (χ1v) is 17.7. The molecular weight excluding hydrogens is 784 g/mol. The highest BCUT2D eigenvalue weighted by Crippen LogP contribution is 2.39. The quantitative estimate of drug-likeness (QED) is 0.0570. The topological polar surface area (TPSA) is 397 Å². The van der Waals surface area contributed by atoms with Crippen molar-refractivity contribution in [2.75, 3.05) is 39.6 Å². The van der Waals surface area contributed by atoms with E-state index in [4.69, 9.17) is 42.6 Å². The second-order valence-corrected chi connectivity index (χ2v) is 13.9. The molecule has 0 radical (unpaired) electrons. The zero-order chi connectivity index (χ0) is 43.2. The first-order chi connectivity index (χ1) is 26.6. The van der Waals surface area contributed by atoms with Gasteiger partial charge in [-0.25, -0.2) is 0 Å². The summed E-state index contributed by atoms with van der Waals surface area (Å²) in [6.07, 6.45) is -25.9. The van der Waals surface area contributed by atoms with Gasteiger partial charge in [-0.1, -0.05) is 13.8 Å². The van der Waals surface area contributed by atoms with Gasteiger partial charge < -0.3 is 109 Å². The monoisotopic (exact) mass is 838 g/mol. The first kappa shape index (κ1) is 49.0. The van der Waals surface area contributed by atoms with Gasteiger partial charge in [-0.3, -0.25) is 14.4 Å². The summed E-state index contributed by atoms with van der Waals surface area (Å²) in [6.45, 7) is 0.847. The van der Waals surface area contributed by atoms with Crippen LogP contribution >= 0.6 is 0 Å². The Hall–Kier alpha value is -2.35. The van der Waals surface area contributed by atoms with Crippen LogP contribution in [0.2, 0.25) is 0 Å². The Morgan fingerprint density at radius 2 is 0.930 bits per heavy atom. The number of carbonyl (C=O) groups excluding carboxylic acids is 3. The first-order valence-electron chi connectivity index (χ1n) is 17.7. The molecule has 4 saturated heterocycles. The molecule has 0 aromatic rings. The minimum absolute atomic E-state index is 0.626. The van der Waals surface area contributed by atoms with Crippen molar-refractivity contribution >= 4 is 17.9 Å². The van der Waals surface area contributed by atoms with E-state index in [1.807, 2.05) is 0 Å². The smallest absolute Gasteiger partial charge is 0.308 e. The lowest BCUT2D eigenvalue weighted by molar-refractivity contribution is -0.384. The standard InChI is InChI=1S/C18H30O13.C14H24O12/c1-7(2)16(26)29-15-12(23)10(5-20)30-18(15,6-27-8(3)21)31-17-14(25)13(24)11(22)9(4-19)28-17;1-5(17)23-4-14(12(22)9(19)7(3-16)25-14)26-13-11(21)10(20)8(18)6(2-15)24-13/h7,9-15,17,19-20,22-25H,4-6H2,1-3H3;6-13,15-16,18-22H,2-4H2,1H3/t9-,10-,11-,12-,13+,14-,15+,17-,18+;6-,7-,8-,9-,10+,11-,12+,13-,14+/m11/s1. The van der Waals surface area contributed by atoms with Crippen LogP contribution in [0.3, 0.4) is 0 Å². The molecule has 57 heavy (non-hydrogen) atoms. The Kier molecular flexibility index (Phi) is 17.8. The van der Waals surface area contributed by atoms with Gasteiger partial charge in [-0.15, -0.1) is 0 Å². The molecular formula is C32H54O25. The van der Waals surface area contributed by atoms with E-state index in [0.717, 1.165) is 13.8 Å². The van der Waals surface area contributed by atoms with Crippen molar-refractivity contribution in [3.8, 4) is 0 Å². The molecule has 332 valence electrons. The molecule has 0 amide bonds. The molecule has 4 aliphatic heterocycles. The van der Waals surface area contributed by atoms with Crippen LogP contribution in [-0.2, 0) is 57.0 Å². The van der Waals surface area contributed by atoms with E-state index >= 15 is 0 Å². The summed E-state index contributed by atoms with van der Waals surface area (Å²) in [5.41, 5.74) is 0. The number of rotatable bonds is 14. The zero-order valence-electron chi connectivity index (χ0n) is 31.3. The molecule has 0 spiro atoms. The Labute approximate surface area is 324 Å². The molecule has 4 heterocycles. The third kappa shape index (κ3) is 11.1. The number of hydrogen-bond donors (Lipinski definition) is 13. The maximum Gasteiger partial charge on any atom is 0.308 e. The SMILES string of the molecule is CC(=O)OC[C@@]1(O[C@H]2O[C@H](CO)[C@@H](O)[C@H](O)[C@H]2O)O[C@H](CO)[C@@H](O)[C@@H]1O.CC(=O)OC[C@@]1(O[C@H]2O[C@H](CO)[C@@H](O)[C@H](O)[C@H]2O)O[C@H](CO)[C@@H](O)[C@@H]1OC(=O)C(C)C. The van der Waals surface area contributed by atoms with E-state index in [9.17, 15) is 80.8 Å². The number of ether oxygens (including phenoxy) is 9. The van der Waals surface area contributed by atoms with Crippen LogP contribution in [0.25, 0.3) is 0 Å². The summed E-state index contributed by atoms with van der Waals surface area (Å²) in [6, 6.07) is 0. The number of aliphatic hydroxyl groups excluding tert-OH is 13. The van der Waals surface area contributed by atoms with Crippen LogP contribution in [0.4, 0.5) is 0 Å². The largest absolute Gasteiger partial charge is 0.460 e. The Bertz CT molecular complexity index is 1300. The average Bonchev–Trinajstić information content (AvgIpc) is 3.57. The molecule has 18 atom stereocenters. The van der Waals surface area contributed by atoms with E-state index in [-0.39, 0.29) is 0 Å². The normalized spacial score (nSPS) is 43.3. The molecule has 13 N–H and O–H groups in total.